The monoisotopic (exact) mass is 364 g/mol. The Balaban J connectivity index is 1.94. The molecule has 6 nitrogen and oxygen atoms in total. The summed E-state index contributed by atoms with van der Waals surface area (Å²) >= 11 is 0. The van der Waals surface area contributed by atoms with Crippen LogP contribution in [0, 0.1) is 0 Å². The van der Waals surface area contributed by atoms with Gasteiger partial charge in [0.15, 0.2) is 0 Å². The van der Waals surface area contributed by atoms with Gasteiger partial charge in [-0.2, -0.15) is 0 Å². The van der Waals surface area contributed by atoms with Gasteiger partial charge in [0, 0.05) is 16.5 Å². The molecule has 27 heavy (non-hydrogen) atoms. The first-order chi connectivity index (χ1) is 13.0. The van der Waals surface area contributed by atoms with Crippen molar-refractivity contribution < 1.29 is 15.0 Å². The minimum Gasteiger partial charge on any atom is -0.481 e. The number of aliphatic hydroxyl groups is 1. The van der Waals surface area contributed by atoms with Gasteiger partial charge < -0.3 is 14.8 Å². The molecule has 138 valence electrons. The maximum Gasteiger partial charge on any atom is 0.303 e. The first-order valence-electron chi connectivity index (χ1n) is 9.01. The molecule has 2 N–H and O–H groups in total. The molecule has 1 aromatic carbocycles. The van der Waals surface area contributed by atoms with Crippen LogP contribution in [0.2, 0.25) is 0 Å². The molecule has 1 atom stereocenters. The number of rotatable bonds is 5. The maximum atomic E-state index is 13.0. The van der Waals surface area contributed by atoms with Crippen LogP contribution in [0.15, 0.2) is 41.2 Å². The Labute approximate surface area is 155 Å². The lowest BCUT2D eigenvalue weighted by atomic mass is 9.89. The first-order valence-corrected chi connectivity index (χ1v) is 9.01. The summed E-state index contributed by atoms with van der Waals surface area (Å²) in [5.74, 6) is -1.25. The van der Waals surface area contributed by atoms with Gasteiger partial charge in [-0.25, -0.2) is 4.98 Å². The number of fused-ring (bicyclic) bond motifs is 4. The summed E-state index contributed by atoms with van der Waals surface area (Å²) in [6.45, 7) is 1.89. The molecule has 3 heterocycles. The topological polar surface area (TPSA) is 92.4 Å². The van der Waals surface area contributed by atoms with Crippen molar-refractivity contribution in [3.63, 3.8) is 0 Å². The van der Waals surface area contributed by atoms with Gasteiger partial charge >= 0.3 is 5.97 Å². The summed E-state index contributed by atoms with van der Waals surface area (Å²) in [7, 11) is 0. The first kappa shape index (κ1) is 17.4. The third kappa shape index (κ3) is 2.82. The summed E-state index contributed by atoms with van der Waals surface area (Å²) in [5, 5.41) is 20.0. The van der Waals surface area contributed by atoms with Crippen molar-refractivity contribution in [1.82, 2.24) is 9.55 Å². The molecule has 0 saturated heterocycles. The number of carboxylic acids is 1. The largest absolute Gasteiger partial charge is 0.481 e. The second-order valence-electron chi connectivity index (χ2n) is 6.90. The number of para-hydroxylation sites is 1. The number of aliphatic hydroxyl groups excluding tert-OH is 1. The maximum absolute atomic E-state index is 13.0. The van der Waals surface area contributed by atoms with E-state index >= 15 is 0 Å². The lowest BCUT2D eigenvalue weighted by Gasteiger charge is -2.18. The summed E-state index contributed by atoms with van der Waals surface area (Å²) in [6.07, 6.45) is 0.491. The van der Waals surface area contributed by atoms with Gasteiger partial charge in [0.05, 0.1) is 36.5 Å². The Morgan fingerprint density at radius 1 is 1.30 bits per heavy atom. The van der Waals surface area contributed by atoms with Gasteiger partial charge in [-0.15, -0.1) is 0 Å². The second-order valence-corrected chi connectivity index (χ2v) is 6.90. The molecule has 0 fully saturated rings. The van der Waals surface area contributed by atoms with Gasteiger partial charge in [-0.1, -0.05) is 25.1 Å². The Morgan fingerprint density at radius 2 is 2.07 bits per heavy atom. The highest BCUT2D eigenvalue weighted by atomic mass is 16.4. The molecule has 1 aliphatic rings. The highest BCUT2D eigenvalue weighted by molar-refractivity contribution is 5.84. The summed E-state index contributed by atoms with van der Waals surface area (Å²) in [5.41, 5.74) is 3.88. The van der Waals surface area contributed by atoms with E-state index in [9.17, 15) is 19.8 Å². The highest BCUT2D eigenvalue weighted by Gasteiger charge is 2.27. The standard InChI is InChI=1S/C21H20N2O4/c1-2-12(8-19(25)26)15-9-18-20-14(10-23(18)21(27)16(15)11-24)7-13-5-3-4-6-17(13)22-20/h3-7,9,12,24H,2,8,10-11H2,1H3,(H,25,26). The number of hydrogen-bond acceptors (Lipinski definition) is 4. The minimum absolute atomic E-state index is 0.0790. The fraction of sp³-hybridized carbons (Fsp3) is 0.286. The van der Waals surface area contributed by atoms with Crippen molar-refractivity contribution in [2.45, 2.75) is 38.8 Å². The Bertz CT molecular complexity index is 1120. The molecule has 1 aliphatic heterocycles. The predicted molar refractivity (Wildman–Crippen MR) is 102 cm³/mol. The van der Waals surface area contributed by atoms with Crippen LogP contribution in [-0.4, -0.2) is 25.7 Å². The Hall–Kier alpha value is -2.99. The molecule has 0 saturated carbocycles. The lowest BCUT2D eigenvalue weighted by molar-refractivity contribution is -0.137. The predicted octanol–water partition coefficient (Wildman–Crippen LogP) is 2.89. The van der Waals surface area contributed by atoms with Gasteiger partial charge in [0.1, 0.15) is 0 Å². The molecule has 0 radical (unpaired) electrons. The van der Waals surface area contributed by atoms with Crippen molar-refractivity contribution in [1.29, 1.82) is 0 Å². The minimum atomic E-state index is -0.921. The number of carboxylic acid groups (broad SMARTS) is 1. The molecular weight excluding hydrogens is 344 g/mol. The van der Waals surface area contributed by atoms with Gasteiger partial charge in [-0.05, 0) is 36.1 Å². The molecule has 4 rings (SSSR count). The van der Waals surface area contributed by atoms with Crippen LogP contribution < -0.4 is 5.56 Å². The fourth-order valence-electron chi connectivity index (χ4n) is 3.94. The van der Waals surface area contributed by atoms with Gasteiger partial charge in [0.25, 0.3) is 5.56 Å². The summed E-state index contributed by atoms with van der Waals surface area (Å²) in [4.78, 5) is 29.0. The smallest absolute Gasteiger partial charge is 0.303 e. The van der Waals surface area contributed by atoms with Gasteiger partial charge in [0.2, 0.25) is 0 Å². The van der Waals surface area contributed by atoms with E-state index in [1.54, 1.807) is 4.57 Å². The average molecular weight is 364 g/mol. The van der Waals surface area contributed by atoms with E-state index in [-0.39, 0.29) is 23.5 Å². The van der Waals surface area contributed by atoms with Crippen molar-refractivity contribution in [3.05, 3.63) is 63.4 Å². The van der Waals surface area contributed by atoms with Crippen LogP contribution in [0.1, 0.15) is 42.4 Å². The SMILES string of the molecule is CCC(CC(=O)O)c1cc2n(c(=O)c1CO)Cc1cc3ccccc3nc1-2. The zero-order valence-corrected chi connectivity index (χ0v) is 15.0. The van der Waals surface area contributed by atoms with Crippen LogP contribution in [0.5, 0.6) is 0 Å². The molecule has 2 aromatic heterocycles. The molecule has 0 aliphatic carbocycles. The van der Waals surface area contributed by atoms with E-state index in [1.165, 1.54) is 0 Å². The van der Waals surface area contributed by atoms with Crippen LogP contribution in [0.25, 0.3) is 22.3 Å². The van der Waals surface area contributed by atoms with E-state index in [4.69, 9.17) is 4.98 Å². The average Bonchev–Trinajstić information content (AvgIpc) is 3.02. The molecule has 0 spiro atoms. The molecule has 1 unspecified atom stereocenters. The van der Waals surface area contributed by atoms with Crippen molar-refractivity contribution in [3.8, 4) is 11.4 Å². The van der Waals surface area contributed by atoms with Gasteiger partial charge in [-0.3, -0.25) is 9.59 Å². The zero-order chi connectivity index (χ0) is 19.1. The Kier molecular flexibility index (Phi) is 4.28. The summed E-state index contributed by atoms with van der Waals surface area (Å²) in [6, 6.07) is 11.7. The molecule has 3 aromatic rings. The second kappa shape index (κ2) is 6.63. The molecule has 0 bridgehead atoms. The molecule has 6 heteroatoms. The number of hydrogen-bond donors (Lipinski definition) is 2. The Morgan fingerprint density at radius 3 is 2.78 bits per heavy atom. The lowest BCUT2D eigenvalue weighted by Crippen LogP contribution is -2.26. The van der Waals surface area contributed by atoms with E-state index in [0.29, 0.717) is 24.2 Å². The number of carbonyl (C=O) groups is 1. The van der Waals surface area contributed by atoms with E-state index in [0.717, 1.165) is 22.2 Å². The van der Waals surface area contributed by atoms with Crippen molar-refractivity contribution in [2.75, 3.05) is 0 Å². The zero-order valence-electron chi connectivity index (χ0n) is 15.0. The number of aliphatic carboxylic acids is 1. The molecule has 0 amide bonds. The third-order valence-corrected chi connectivity index (χ3v) is 5.32. The van der Waals surface area contributed by atoms with Crippen molar-refractivity contribution in [2.24, 2.45) is 0 Å². The van der Waals surface area contributed by atoms with E-state index < -0.39 is 12.6 Å². The quantitative estimate of drug-likeness (QED) is 0.568. The molecular formula is C21H20N2O4. The van der Waals surface area contributed by atoms with E-state index in [1.807, 2.05) is 43.3 Å². The number of nitrogens with zero attached hydrogens (tertiary/aromatic N) is 2. The highest BCUT2D eigenvalue weighted by Crippen LogP contribution is 2.35. The van der Waals surface area contributed by atoms with Crippen LogP contribution in [0.4, 0.5) is 0 Å². The fourth-order valence-corrected chi connectivity index (χ4v) is 3.94. The number of pyridine rings is 2. The number of benzene rings is 1. The normalized spacial score (nSPS) is 13.4. The number of aromatic nitrogens is 2. The van der Waals surface area contributed by atoms with Crippen LogP contribution in [0.3, 0.4) is 0 Å². The van der Waals surface area contributed by atoms with Crippen LogP contribution >= 0.6 is 0 Å². The van der Waals surface area contributed by atoms with Crippen LogP contribution in [-0.2, 0) is 17.9 Å². The third-order valence-electron chi connectivity index (χ3n) is 5.32. The van der Waals surface area contributed by atoms with E-state index in [2.05, 4.69) is 0 Å². The summed E-state index contributed by atoms with van der Waals surface area (Å²) < 4.78 is 1.62. The van der Waals surface area contributed by atoms with Crippen molar-refractivity contribution >= 4 is 16.9 Å².